The number of benzene rings is 2. The van der Waals surface area contributed by atoms with E-state index in [1.54, 1.807) is 0 Å². The van der Waals surface area contributed by atoms with Gasteiger partial charge in [-0.25, -0.2) is 0 Å². The van der Waals surface area contributed by atoms with Gasteiger partial charge in [0.2, 0.25) is 0 Å². The zero-order valence-electron chi connectivity index (χ0n) is 13.6. The van der Waals surface area contributed by atoms with Crippen LogP contribution in [0.1, 0.15) is 44.1 Å². The summed E-state index contributed by atoms with van der Waals surface area (Å²) in [5.41, 5.74) is 1.28. The SMILES string of the molecule is CCC(=O)[C@H]1[C@@H](c2ccc3ccccc3c2)CC2CC(O)[C@H]1C2. The van der Waals surface area contributed by atoms with Crippen molar-refractivity contribution in [3.8, 4) is 0 Å². The van der Waals surface area contributed by atoms with Crippen LogP contribution < -0.4 is 0 Å². The highest BCUT2D eigenvalue weighted by Crippen LogP contribution is 2.52. The summed E-state index contributed by atoms with van der Waals surface area (Å²) in [6.07, 6.45) is 3.24. The summed E-state index contributed by atoms with van der Waals surface area (Å²) >= 11 is 0. The molecule has 0 spiro atoms. The van der Waals surface area contributed by atoms with E-state index in [1.165, 1.54) is 16.3 Å². The number of fused-ring (bicyclic) bond motifs is 3. The second-order valence-corrected chi connectivity index (χ2v) is 7.36. The number of carbonyl (C=O) groups is 1. The number of aliphatic hydroxyl groups is 1. The summed E-state index contributed by atoms with van der Waals surface area (Å²) < 4.78 is 0. The third kappa shape index (κ3) is 2.49. The lowest BCUT2D eigenvalue weighted by Crippen LogP contribution is -2.35. The van der Waals surface area contributed by atoms with Gasteiger partial charge < -0.3 is 5.11 Å². The van der Waals surface area contributed by atoms with Gasteiger partial charge in [-0.2, -0.15) is 0 Å². The van der Waals surface area contributed by atoms with E-state index in [0.29, 0.717) is 18.1 Å². The Morgan fingerprint density at radius 3 is 2.65 bits per heavy atom. The fourth-order valence-electron chi connectivity index (χ4n) is 5.02. The molecule has 2 aliphatic rings. The van der Waals surface area contributed by atoms with Crippen molar-refractivity contribution in [1.29, 1.82) is 0 Å². The Hall–Kier alpha value is -1.67. The molecular formula is C21H24O2. The minimum absolute atomic E-state index is 0.00471. The van der Waals surface area contributed by atoms with E-state index in [4.69, 9.17) is 0 Å². The first-order valence-electron chi connectivity index (χ1n) is 8.87. The van der Waals surface area contributed by atoms with Gasteiger partial charge in [-0.15, -0.1) is 0 Å². The predicted molar refractivity (Wildman–Crippen MR) is 92.3 cm³/mol. The Kier molecular flexibility index (Phi) is 3.73. The third-order valence-electron chi connectivity index (χ3n) is 6.08. The molecule has 23 heavy (non-hydrogen) atoms. The van der Waals surface area contributed by atoms with Gasteiger partial charge >= 0.3 is 0 Å². The van der Waals surface area contributed by atoms with Gasteiger partial charge in [-0.3, -0.25) is 4.79 Å². The molecule has 2 aromatic rings. The highest BCUT2D eigenvalue weighted by Gasteiger charge is 2.49. The second-order valence-electron chi connectivity index (χ2n) is 7.36. The number of aliphatic hydroxyl groups excluding tert-OH is 1. The highest BCUT2D eigenvalue weighted by atomic mass is 16.3. The van der Waals surface area contributed by atoms with E-state index >= 15 is 0 Å². The van der Waals surface area contributed by atoms with Crippen molar-refractivity contribution < 1.29 is 9.90 Å². The molecule has 0 heterocycles. The number of carbonyl (C=O) groups excluding carboxylic acids is 1. The van der Waals surface area contributed by atoms with Crippen LogP contribution in [-0.2, 0) is 4.79 Å². The lowest BCUT2D eigenvalue weighted by Gasteiger charge is -2.36. The molecule has 2 unspecified atom stereocenters. The van der Waals surface area contributed by atoms with E-state index in [9.17, 15) is 9.90 Å². The largest absolute Gasteiger partial charge is 0.393 e. The summed E-state index contributed by atoms with van der Waals surface area (Å²) in [7, 11) is 0. The van der Waals surface area contributed by atoms with Gasteiger partial charge in [0.15, 0.2) is 0 Å². The van der Waals surface area contributed by atoms with Crippen molar-refractivity contribution >= 4 is 16.6 Å². The molecule has 0 saturated heterocycles. The smallest absolute Gasteiger partial charge is 0.136 e. The van der Waals surface area contributed by atoms with Gasteiger partial charge in [-0.1, -0.05) is 49.4 Å². The summed E-state index contributed by atoms with van der Waals surface area (Å²) in [4.78, 5) is 12.6. The molecule has 2 aromatic carbocycles. The summed E-state index contributed by atoms with van der Waals surface area (Å²) in [6, 6.07) is 15.0. The van der Waals surface area contributed by atoms with Gasteiger partial charge in [-0.05, 0) is 53.4 Å². The maximum atomic E-state index is 12.6. The first-order chi connectivity index (χ1) is 11.2. The quantitative estimate of drug-likeness (QED) is 0.917. The number of ketones is 1. The predicted octanol–water partition coefficient (Wildman–Crippen LogP) is 4.31. The Morgan fingerprint density at radius 2 is 1.87 bits per heavy atom. The maximum Gasteiger partial charge on any atom is 0.136 e. The number of Topliss-reactive ketones (excluding diaryl/α,β-unsaturated/α-hetero) is 1. The molecule has 120 valence electrons. The molecule has 5 atom stereocenters. The van der Waals surface area contributed by atoms with Crippen LogP contribution in [-0.4, -0.2) is 17.0 Å². The molecule has 0 radical (unpaired) electrons. The van der Waals surface area contributed by atoms with Gasteiger partial charge in [0.1, 0.15) is 5.78 Å². The first-order valence-corrected chi connectivity index (χ1v) is 8.87. The Bertz CT molecular complexity index is 735. The summed E-state index contributed by atoms with van der Waals surface area (Å²) in [5.74, 6) is 1.33. The zero-order valence-corrected chi connectivity index (χ0v) is 13.6. The van der Waals surface area contributed by atoms with Crippen LogP contribution in [0.15, 0.2) is 42.5 Å². The topological polar surface area (TPSA) is 37.3 Å². The minimum Gasteiger partial charge on any atom is -0.393 e. The molecule has 0 aliphatic heterocycles. The van der Waals surface area contributed by atoms with E-state index in [2.05, 4.69) is 42.5 Å². The molecule has 0 amide bonds. The second kappa shape index (κ2) is 5.76. The molecule has 1 N–H and O–H groups in total. The maximum absolute atomic E-state index is 12.6. The monoisotopic (exact) mass is 308 g/mol. The number of rotatable bonds is 3. The lowest BCUT2D eigenvalue weighted by atomic mass is 9.67. The van der Waals surface area contributed by atoms with E-state index < -0.39 is 0 Å². The Morgan fingerprint density at radius 1 is 1.09 bits per heavy atom. The van der Waals surface area contributed by atoms with E-state index in [-0.39, 0.29) is 23.9 Å². The van der Waals surface area contributed by atoms with Crippen LogP contribution in [0.25, 0.3) is 10.8 Å². The molecule has 2 aliphatic carbocycles. The molecule has 4 rings (SSSR count). The standard InChI is InChI=1S/C21H24O2/c1-2-19(22)21-17(9-13-10-18(21)20(23)11-13)16-8-7-14-5-3-4-6-15(14)12-16/h3-8,12-13,17-18,20-21,23H,2,9-11H2,1H3/t13?,17-,18-,20?,21+/m1/s1. The first kappa shape index (κ1) is 14.9. The molecule has 2 saturated carbocycles. The molecule has 2 bridgehead atoms. The highest BCUT2D eigenvalue weighted by molar-refractivity contribution is 5.85. The van der Waals surface area contributed by atoms with Crippen molar-refractivity contribution in [3.05, 3.63) is 48.0 Å². The van der Waals surface area contributed by atoms with Crippen LogP contribution in [0.3, 0.4) is 0 Å². The van der Waals surface area contributed by atoms with Crippen molar-refractivity contribution in [2.75, 3.05) is 0 Å². The van der Waals surface area contributed by atoms with Crippen LogP contribution in [0.4, 0.5) is 0 Å². The zero-order chi connectivity index (χ0) is 16.0. The third-order valence-corrected chi connectivity index (χ3v) is 6.08. The normalized spacial score (nSPS) is 33.0. The average Bonchev–Trinajstić information content (AvgIpc) is 2.88. The number of hydrogen-bond acceptors (Lipinski definition) is 2. The summed E-state index contributed by atoms with van der Waals surface area (Å²) in [5, 5.41) is 12.9. The van der Waals surface area contributed by atoms with Crippen molar-refractivity contribution in [2.24, 2.45) is 17.8 Å². The molecule has 2 heteroatoms. The van der Waals surface area contributed by atoms with Gasteiger partial charge in [0.25, 0.3) is 0 Å². The fraction of sp³-hybridized carbons (Fsp3) is 0.476. The summed E-state index contributed by atoms with van der Waals surface area (Å²) in [6.45, 7) is 1.95. The van der Waals surface area contributed by atoms with Crippen molar-refractivity contribution in [1.82, 2.24) is 0 Å². The molecule has 2 nitrogen and oxygen atoms in total. The van der Waals surface area contributed by atoms with Crippen LogP contribution in [0, 0.1) is 17.8 Å². The van der Waals surface area contributed by atoms with Crippen molar-refractivity contribution in [3.63, 3.8) is 0 Å². The van der Waals surface area contributed by atoms with Gasteiger partial charge in [0.05, 0.1) is 6.10 Å². The molecule has 2 fully saturated rings. The van der Waals surface area contributed by atoms with E-state index in [0.717, 1.165) is 19.3 Å². The van der Waals surface area contributed by atoms with Crippen LogP contribution >= 0.6 is 0 Å². The van der Waals surface area contributed by atoms with Gasteiger partial charge in [0, 0.05) is 12.3 Å². The minimum atomic E-state index is -0.286. The van der Waals surface area contributed by atoms with Crippen molar-refractivity contribution in [2.45, 2.75) is 44.6 Å². The molecular weight excluding hydrogens is 284 g/mol. The number of hydrogen-bond donors (Lipinski definition) is 1. The molecule has 0 aromatic heterocycles. The fourth-order valence-corrected chi connectivity index (χ4v) is 5.02. The Balaban J connectivity index is 1.76. The lowest BCUT2D eigenvalue weighted by molar-refractivity contribution is -0.127. The van der Waals surface area contributed by atoms with Crippen LogP contribution in [0.2, 0.25) is 0 Å². The Labute approximate surface area is 137 Å². The van der Waals surface area contributed by atoms with Crippen LogP contribution in [0.5, 0.6) is 0 Å². The average molecular weight is 308 g/mol. The van der Waals surface area contributed by atoms with E-state index in [1.807, 2.05) is 6.92 Å².